The first-order valence-corrected chi connectivity index (χ1v) is 4.91. The van der Waals surface area contributed by atoms with Gasteiger partial charge >= 0.3 is 0 Å². The normalized spacial score (nSPS) is 23.3. The van der Waals surface area contributed by atoms with E-state index in [2.05, 4.69) is 25.2 Å². The van der Waals surface area contributed by atoms with Crippen molar-refractivity contribution >= 4 is 11.3 Å². The Hall–Kier alpha value is -0.340. The maximum Gasteiger partial charge on any atom is 0.0303 e. The number of hydrogen-bond acceptors (Lipinski definition) is 2. The van der Waals surface area contributed by atoms with E-state index in [1.54, 1.807) is 4.88 Å². The maximum atomic E-state index is 3.46. The SMILES string of the molecule is Cc1cc2c(s1)CCN[C@@H]2C. The number of hydrogen-bond donors (Lipinski definition) is 1. The molecular weight excluding hydrogens is 154 g/mol. The minimum atomic E-state index is 0.573. The minimum absolute atomic E-state index is 0.573. The Labute approximate surface area is 71.4 Å². The standard InChI is InChI=1S/C9H13NS/c1-6-5-8-7(2)10-4-3-9(8)11-6/h5,7,10H,3-4H2,1-2H3/t7-/m1/s1. The van der Waals surface area contributed by atoms with Crippen molar-refractivity contribution in [2.24, 2.45) is 0 Å². The number of fused-ring (bicyclic) bond motifs is 1. The van der Waals surface area contributed by atoms with Gasteiger partial charge in [0.2, 0.25) is 0 Å². The van der Waals surface area contributed by atoms with Crippen LogP contribution in [0, 0.1) is 6.92 Å². The number of rotatable bonds is 0. The Bertz CT molecular complexity index is 265. The zero-order chi connectivity index (χ0) is 7.84. The molecule has 0 radical (unpaired) electrons. The van der Waals surface area contributed by atoms with Crippen LogP contribution in [0.3, 0.4) is 0 Å². The largest absolute Gasteiger partial charge is 0.310 e. The molecule has 0 fully saturated rings. The summed E-state index contributed by atoms with van der Waals surface area (Å²) >= 11 is 1.95. The van der Waals surface area contributed by atoms with Gasteiger partial charge < -0.3 is 5.32 Å². The van der Waals surface area contributed by atoms with Gasteiger partial charge in [0.05, 0.1) is 0 Å². The van der Waals surface area contributed by atoms with Gasteiger partial charge in [-0.25, -0.2) is 0 Å². The van der Waals surface area contributed by atoms with Crippen LogP contribution in [0.1, 0.15) is 28.3 Å². The predicted octanol–water partition coefficient (Wildman–Crippen LogP) is 2.26. The molecule has 0 unspecified atom stereocenters. The fourth-order valence-corrected chi connectivity index (χ4v) is 2.79. The van der Waals surface area contributed by atoms with E-state index >= 15 is 0 Å². The van der Waals surface area contributed by atoms with Gasteiger partial charge in [-0.05, 0) is 31.9 Å². The number of nitrogens with one attached hydrogen (secondary N) is 1. The Morgan fingerprint density at radius 1 is 1.64 bits per heavy atom. The van der Waals surface area contributed by atoms with E-state index in [1.807, 2.05) is 11.3 Å². The van der Waals surface area contributed by atoms with Gasteiger partial charge in [-0.3, -0.25) is 0 Å². The van der Waals surface area contributed by atoms with Crippen molar-refractivity contribution in [1.29, 1.82) is 0 Å². The van der Waals surface area contributed by atoms with Crippen molar-refractivity contribution in [2.75, 3.05) is 6.54 Å². The average Bonchev–Trinajstić information content (AvgIpc) is 2.31. The monoisotopic (exact) mass is 167 g/mol. The molecular formula is C9H13NS. The minimum Gasteiger partial charge on any atom is -0.310 e. The van der Waals surface area contributed by atoms with Crippen LogP contribution in [0.2, 0.25) is 0 Å². The Morgan fingerprint density at radius 2 is 2.45 bits per heavy atom. The molecule has 0 bridgehead atoms. The van der Waals surface area contributed by atoms with Crippen LogP contribution in [0.15, 0.2) is 6.07 Å². The van der Waals surface area contributed by atoms with Crippen molar-refractivity contribution < 1.29 is 0 Å². The third kappa shape index (κ3) is 1.21. The van der Waals surface area contributed by atoms with Crippen molar-refractivity contribution in [1.82, 2.24) is 5.32 Å². The second kappa shape index (κ2) is 2.61. The van der Waals surface area contributed by atoms with E-state index < -0.39 is 0 Å². The fourth-order valence-electron chi connectivity index (χ4n) is 1.66. The zero-order valence-corrected chi connectivity index (χ0v) is 7.79. The van der Waals surface area contributed by atoms with E-state index in [9.17, 15) is 0 Å². The molecule has 0 saturated heterocycles. The molecule has 11 heavy (non-hydrogen) atoms. The first-order valence-electron chi connectivity index (χ1n) is 4.10. The van der Waals surface area contributed by atoms with Gasteiger partial charge in [0, 0.05) is 22.3 Å². The van der Waals surface area contributed by atoms with Gasteiger partial charge in [0.1, 0.15) is 0 Å². The van der Waals surface area contributed by atoms with Gasteiger partial charge in [0.15, 0.2) is 0 Å². The highest BCUT2D eigenvalue weighted by Gasteiger charge is 2.17. The van der Waals surface area contributed by atoms with E-state index in [0.29, 0.717) is 6.04 Å². The van der Waals surface area contributed by atoms with Crippen molar-refractivity contribution in [3.63, 3.8) is 0 Å². The summed E-state index contributed by atoms with van der Waals surface area (Å²) in [4.78, 5) is 3.04. The lowest BCUT2D eigenvalue weighted by Gasteiger charge is -2.19. The van der Waals surface area contributed by atoms with E-state index in [0.717, 1.165) is 6.54 Å². The van der Waals surface area contributed by atoms with E-state index in [-0.39, 0.29) is 0 Å². The molecule has 1 N–H and O–H groups in total. The highest BCUT2D eigenvalue weighted by molar-refractivity contribution is 7.12. The summed E-state index contributed by atoms with van der Waals surface area (Å²) in [7, 11) is 0. The van der Waals surface area contributed by atoms with Gasteiger partial charge in [0.25, 0.3) is 0 Å². The van der Waals surface area contributed by atoms with E-state index in [1.165, 1.54) is 16.9 Å². The second-order valence-electron chi connectivity index (χ2n) is 3.16. The van der Waals surface area contributed by atoms with Crippen LogP contribution in [0.25, 0.3) is 0 Å². The number of aryl methyl sites for hydroxylation is 1. The molecule has 1 aliphatic heterocycles. The summed E-state index contributed by atoms with van der Waals surface area (Å²) in [6, 6.07) is 2.89. The summed E-state index contributed by atoms with van der Waals surface area (Å²) in [5.74, 6) is 0. The molecule has 2 rings (SSSR count). The molecule has 0 amide bonds. The molecule has 1 nitrogen and oxygen atoms in total. The molecule has 2 heteroatoms. The smallest absolute Gasteiger partial charge is 0.0303 e. The van der Waals surface area contributed by atoms with Crippen LogP contribution in [-0.2, 0) is 6.42 Å². The lowest BCUT2D eigenvalue weighted by atomic mass is 10.0. The van der Waals surface area contributed by atoms with Gasteiger partial charge in [-0.1, -0.05) is 0 Å². The molecule has 0 spiro atoms. The summed E-state index contributed by atoms with van der Waals surface area (Å²) in [6.45, 7) is 5.58. The molecule has 1 aliphatic rings. The molecule has 0 saturated carbocycles. The molecule has 1 aromatic rings. The number of thiophene rings is 1. The summed E-state index contributed by atoms with van der Waals surface area (Å²) in [5, 5.41) is 3.46. The molecule has 0 aromatic carbocycles. The second-order valence-corrected chi connectivity index (χ2v) is 4.50. The Balaban J connectivity index is 2.43. The Kier molecular flexibility index (Phi) is 1.74. The van der Waals surface area contributed by atoms with Crippen LogP contribution < -0.4 is 5.32 Å². The van der Waals surface area contributed by atoms with Gasteiger partial charge in [-0.15, -0.1) is 11.3 Å². The van der Waals surface area contributed by atoms with Crippen LogP contribution in [0.4, 0.5) is 0 Å². The lowest BCUT2D eigenvalue weighted by molar-refractivity contribution is 0.547. The summed E-state index contributed by atoms with van der Waals surface area (Å²) in [5.41, 5.74) is 1.53. The molecule has 2 heterocycles. The maximum absolute atomic E-state index is 3.46. The molecule has 0 aliphatic carbocycles. The Morgan fingerprint density at radius 3 is 3.18 bits per heavy atom. The zero-order valence-electron chi connectivity index (χ0n) is 6.98. The van der Waals surface area contributed by atoms with E-state index in [4.69, 9.17) is 0 Å². The fraction of sp³-hybridized carbons (Fsp3) is 0.556. The predicted molar refractivity (Wildman–Crippen MR) is 49.2 cm³/mol. The van der Waals surface area contributed by atoms with Crippen molar-refractivity contribution in [3.05, 3.63) is 21.4 Å². The third-order valence-electron chi connectivity index (χ3n) is 2.23. The van der Waals surface area contributed by atoms with Crippen LogP contribution >= 0.6 is 11.3 Å². The van der Waals surface area contributed by atoms with Crippen molar-refractivity contribution in [2.45, 2.75) is 26.3 Å². The first kappa shape index (κ1) is 7.32. The quantitative estimate of drug-likeness (QED) is 0.625. The van der Waals surface area contributed by atoms with Gasteiger partial charge in [-0.2, -0.15) is 0 Å². The first-order chi connectivity index (χ1) is 5.27. The lowest BCUT2D eigenvalue weighted by Crippen LogP contribution is -2.26. The average molecular weight is 167 g/mol. The van der Waals surface area contributed by atoms with Crippen LogP contribution in [0.5, 0.6) is 0 Å². The molecule has 1 aromatic heterocycles. The highest BCUT2D eigenvalue weighted by atomic mass is 32.1. The third-order valence-corrected chi connectivity index (χ3v) is 3.36. The molecule has 60 valence electrons. The summed E-state index contributed by atoms with van der Waals surface area (Å²) in [6.07, 6.45) is 1.22. The van der Waals surface area contributed by atoms with Crippen molar-refractivity contribution in [3.8, 4) is 0 Å². The van der Waals surface area contributed by atoms with Crippen LogP contribution in [-0.4, -0.2) is 6.54 Å². The topological polar surface area (TPSA) is 12.0 Å². The molecule has 1 atom stereocenters. The summed E-state index contributed by atoms with van der Waals surface area (Å²) < 4.78 is 0. The highest BCUT2D eigenvalue weighted by Crippen LogP contribution is 2.29.